The predicted molar refractivity (Wildman–Crippen MR) is 98.1 cm³/mol. The summed E-state index contributed by atoms with van der Waals surface area (Å²) in [6.45, 7) is 2.23. The second-order valence-corrected chi connectivity index (χ2v) is 7.52. The van der Waals surface area contributed by atoms with Crippen molar-refractivity contribution in [3.63, 3.8) is 0 Å². The average Bonchev–Trinajstić information content (AvgIpc) is 2.62. The molecule has 1 aromatic carbocycles. The van der Waals surface area contributed by atoms with Gasteiger partial charge in [0, 0.05) is 43.0 Å². The molecular formula is C20H20F3N3O2. The number of piperidine rings is 1. The summed E-state index contributed by atoms with van der Waals surface area (Å²) in [7, 11) is 0. The number of benzene rings is 1. The maximum absolute atomic E-state index is 12.6. The first-order chi connectivity index (χ1) is 13.3. The monoisotopic (exact) mass is 391 g/mol. The van der Waals surface area contributed by atoms with E-state index in [1.807, 2.05) is 10.6 Å². The molecule has 2 atom stereocenters. The Hall–Kier alpha value is -2.61. The lowest BCUT2D eigenvalue weighted by atomic mass is 9.83. The normalized spacial score (nSPS) is 21.8. The molecule has 2 aliphatic heterocycles. The fourth-order valence-electron chi connectivity index (χ4n) is 4.27. The lowest BCUT2D eigenvalue weighted by Gasteiger charge is -2.42. The molecule has 0 aliphatic carbocycles. The van der Waals surface area contributed by atoms with Gasteiger partial charge in [-0.25, -0.2) is 0 Å². The van der Waals surface area contributed by atoms with Crippen molar-refractivity contribution in [2.75, 3.05) is 25.0 Å². The minimum Gasteiger partial charge on any atom is -0.325 e. The topological polar surface area (TPSA) is 54.3 Å². The highest BCUT2D eigenvalue weighted by Crippen LogP contribution is 2.35. The molecule has 28 heavy (non-hydrogen) atoms. The van der Waals surface area contributed by atoms with Crippen LogP contribution in [0.1, 0.15) is 23.6 Å². The van der Waals surface area contributed by atoms with Crippen LogP contribution in [-0.4, -0.2) is 35.0 Å². The highest BCUT2D eigenvalue weighted by atomic mass is 19.4. The molecule has 2 bridgehead atoms. The number of nitrogens with zero attached hydrogens (tertiary/aromatic N) is 2. The summed E-state index contributed by atoms with van der Waals surface area (Å²) >= 11 is 0. The van der Waals surface area contributed by atoms with Crippen LogP contribution < -0.4 is 10.9 Å². The van der Waals surface area contributed by atoms with Gasteiger partial charge in [-0.2, -0.15) is 13.2 Å². The summed E-state index contributed by atoms with van der Waals surface area (Å²) in [4.78, 5) is 26.5. The Kier molecular flexibility index (Phi) is 4.74. The highest BCUT2D eigenvalue weighted by Gasteiger charge is 2.35. The quantitative estimate of drug-likeness (QED) is 0.876. The van der Waals surface area contributed by atoms with Crippen molar-refractivity contribution in [1.29, 1.82) is 0 Å². The van der Waals surface area contributed by atoms with E-state index < -0.39 is 11.7 Å². The molecule has 1 amide bonds. The Labute approximate surface area is 159 Å². The summed E-state index contributed by atoms with van der Waals surface area (Å²) in [5.74, 6) is 0.260. The summed E-state index contributed by atoms with van der Waals surface area (Å²) in [5.41, 5.74) is 0.618. The molecule has 0 unspecified atom stereocenters. The number of anilines is 1. The van der Waals surface area contributed by atoms with Gasteiger partial charge < -0.3 is 9.88 Å². The van der Waals surface area contributed by atoms with Crippen molar-refractivity contribution in [3.05, 3.63) is 64.1 Å². The van der Waals surface area contributed by atoms with Gasteiger partial charge in [-0.15, -0.1) is 0 Å². The Bertz CT molecular complexity index is 937. The first kappa shape index (κ1) is 18.7. The number of likely N-dealkylation sites (tertiary alicyclic amines) is 1. The molecule has 2 aliphatic rings. The largest absolute Gasteiger partial charge is 0.416 e. The molecule has 4 rings (SSSR count). The number of halogens is 3. The van der Waals surface area contributed by atoms with Crippen LogP contribution in [0, 0.1) is 5.92 Å². The zero-order valence-electron chi connectivity index (χ0n) is 15.1. The smallest absolute Gasteiger partial charge is 0.325 e. The SMILES string of the molecule is O=C(CN1C[C@@H]2C[C@@H](C1)c1cccc(=O)n1C2)Nc1ccc(C(F)(F)F)cc1. The lowest BCUT2D eigenvalue weighted by Crippen LogP contribution is -2.49. The van der Waals surface area contributed by atoms with Crippen LogP contribution in [0.15, 0.2) is 47.3 Å². The first-order valence-electron chi connectivity index (χ1n) is 9.19. The Morgan fingerprint density at radius 3 is 2.54 bits per heavy atom. The van der Waals surface area contributed by atoms with Crippen LogP contribution >= 0.6 is 0 Å². The van der Waals surface area contributed by atoms with Crippen LogP contribution in [0.5, 0.6) is 0 Å². The molecule has 3 heterocycles. The number of hydrogen-bond donors (Lipinski definition) is 1. The van der Waals surface area contributed by atoms with Crippen molar-refractivity contribution < 1.29 is 18.0 Å². The summed E-state index contributed by atoms with van der Waals surface area (Å²) in [6, 6.07) is 9.73. The molecule has 1 saturated heterocycles. The molecule has 0 saturated carbocycles. The van der Waals surface area contributed by atoms with E-state index in [2.05, 4.69) is 10.2 Å². The van der Waals surface area contributed by atoms with Gasteiger partial charge in [0.1, 0.15) is 0 Å². The number of nitrogens with one attached hydrogen (secondary N) is 1. The number of carbonyl (C=O) groups excluding carboxylic acids is 1. The third-order valence-electron chi connectivity index (χ3n) is 5.42. The summed E-state index contributed by atoms with van der Waals surface area (Å²) in [6.07, 6.45) is -3.40. The Balaban J connectivity index is 1.39. The van der Waals surface area contributed by atoms with E-state index in [-0.39, 0.29) is 23.9 Å². The predicted octanol–water partition coefficient (Wildman–Crippen LogP) is 2.92. The van der Waals surface area contributed by atoms with E-state index in [4.69, 9.17) is 0 Å². The Morgan fingerprint density at radius 1 is 1.07 bits per heavy atom. The number of fused-ring (bicyclic) bond motifs is 4. The van der Waals surface area contributed by atoms with Gasteiger partial charge in [-0.1, -0.05) is 6.07 Å². The maximum atomic E-state index is 12.6. The van der Waals surface area contributed by atoms with Gasteiger partial charge in [-0.05, 0) is 42.7 Å². The van der Waals surface area contributed by atoms with Gasteiger partial charge in [0.15, 0.2) is 0 Å². The lowest BCUT2D eigenvalue weighted by molar-refractivity contribution is -0.137. The van der Waals surface area contributed by atoms with Crippen LogP contribution in [0.3, 0.4) is 0 Å². The number of amides is 1. The van der Waals surface area contributed by atoms with Gasteiger partial charge in [0.25, 0.3) is 5.56 Å². The van der Waals surface area contributed by atoms with Crippen LogP contribution in [-0.2, 0) is 17.5 Å². The number of carbonyl (C=O) groups is 1. The molecule has 2 aromatic rings. The van der Waals surface area contributed by atoms with Crippen LogP contribution in [0.4, 0.5) is 18.9 Å². The molecule has 0 radical (unpaired) electrons. The van der Waals surface area contributed by atoms with Crippen molar-refractivity contribution >= 4 is 11.6 Å². The zero-order chi connectivity index (χ0) is 19.9. The minimum atomic E-state index is -4.40. The van der Waals surface area contributed by atoms with E-state index in [1.54, 1.807) is 12.1 Å². The molecule has 5 nitrogen and oxygen atoms in total. The van der Waals surface area contributed by atoms with E-state index in [1.165, 1.54) is 12.1 Å². The molecule has 1 aromatic heterocycles. The van der Waals surface area contributed by atoms with E-state index in [9.17, 15) is 22.8 Å². The second kappa shape index (κ2) is 7.09. The van der Waals surface area contributed by atoms with E-state index >= 15 is 0 Å². The highest BCUT2D eigenvalue weighted by molar-refractivity contribution is 5.92. The third-order valence-corrected chi connectivity index (χ3v) is 5.42. The first-order valence-corrected chi connectivity index (χ1v) is 9.19. The van der Waals surface area contributed by atoms with Crippen molar-refractivity contribution in [2.45, 2.75) is 25.1 Å². The molecule has 8 heteroatoms. The molecule has 1 fully saturated rings. The minimum absolute atomic E-state index is 0.0145. The zero-order valence-corrected chi connectivity index (χ0v) is 15.1. The van der Waals surface area contributed by atoms with E-state index in [0.29, 0.717) is 24.7 Å². The number of alkyl halides is 3. The molecule has 148 valence electrons. The number of hydrogen-bond acceptors (Lipinski definition) is 3. The molecule has 1 N–H and O–H groups in total. The van der Waals surface area contributed by atoms with Crippen LogP contribution in [0.2, 0.25) is 0 Å². The van der Waals surface area contributed by atoms with Crippen molar-refractivity contribution in [3.8, 4) is 0 Å². The number of pyridine rings is 1. The fraction of sp³-hybridized carbons (Fsp3) is 0.400. The number of aromatic nitrogens is 1. The van der Waals surface area contributed by atoms with Crippen molar-refractivity contribution in [2.24, 2.45) is 5.92 Å². The summed E-state index contributed by atoms with van der Waals surface area (Å²) < 4.78 is 39.7. The Morgan fingerprint density at radius 2 is 1.82 bits per heavy atom. The van der Waals surface area contributed by atoms with Gasteiger partial charge in [0.2, 0.25) is 5.91 Å². The maximum Gasteiger partial charge on any atom is 0.416 e. The summed E-state index contributed by atoms with van der Waals surface area (Å²) in [5, 5.41) is 2.66. The van der Waals surface area contributed by atoms with E-state index in [0.717, 1.165) is 30.8 Å². The van der Waals surface area contributed by atoms with Gasteiger partial charge in [-0.3, -0.25) is 14.5 Å². The molecular weight excluding hydrogens is 371 g/mol. The van der Waals surface area contributed by atoms with Gasteiger partial charge in [0.05, 0.1) is 12.1 Å². The average molecular weight is 391 g/mol. The van der Waals surface area contributed by atoms with Gasteiger partial charge >= 0.3 is 6.18 Å². The van der Waals surface area contributed by atoms with Crippen molar-refractivity contribution in [1.82, 2.24) is 9.47 Å². The second-order valence-electron chi connectivity index (χ2n) is 7.52. The number of rotatable bonds is 3. The molecule has 0 spiro atoms. The fourth-order valence-corrected chi connectivity index (χ4v) is 4.27. The van der Waals surface area contributed by atoms with Crippen LogP contribution in [0.25, 0.3) is 0 Å². The standard InChI is InChI=1S/C20H20F3N3O2/c21-20(22,23)15-4-6-16(7-5-15)24-18(27)12-25-9-13-8-14(11-25)17-2-1-3-19(28)26(17)10-13/h1-7,13-14H,8-12H2,(H,24,27)/t13-,14-/m0/s1. The third kappa shape index (κ3) is 3.82.